The highest BCUT2D eigenvalue weighted by Gasteiger charge is 2.33. The molecule has 0 aromatic heterocycles. The molecule has 2 unspecified atom stereocenters. The summed E-state index contributed by atoms with van der Waals surface area (Å²) < 4.78 is 0. The smallest absolute Gasteiger partial charge is 0.272 e. The Labute approximate surface area is 141 Å². The van der Waals surface area contributed by atoms with Gasteiger partial charge < -0.3 is 4.90 Å². The minimum Gasteiger partial charge on any atom is -0.367 e. The van der Waals surface area contributed by atoms with Crippen LogP contribution in [0, 0.1) is 28.4 Å². The Bertz CT molecular complexity index is 783. The highest BCUT2D eigenvalue weighted by Crippen LogP contribution is 2.35. The summed E-state index contributed by atoms with van der Waals surface area (Å²) in [6, 6.07) is 17.6. The van der Waals surface area contributed by atoms with Gasteiger partial charge in [-0.1, -0.05) is 30.3 Å². The molecule has 0 spiro atoms. The second kappa shape index (κ2) is 6.71. The Kier molecular flexibility index (Phi) is 4.48. The van der Waals surface area contributed by atoms with Crippen molar-refractivity contribution in [2.24, 2.45) is 0 Å². The van der Waals surface area contributed by atoms with Crippen LogP contribution in [0.15, 0.2) is 48.5 Å². The van der Waals surface area contributed by atoms with E-state index in [-0.39, 0.29) is 22.6 Å². The topological polar surface area (TPSA) is 70.2 Å². The number of nitro benzene ring substituents is 1. The summed E-state index contributed by atoms with van der Waals surface area (Å²) in [5, 5.41) is 20.7. The van der Waals surface area contributed by atoms with E-state index in [9.17, 15) is 15.4 Å². The van der Waals surface area contributed by atoms with Gasteiger partial charge >= 0.3 is 0 Å². The lowest BCUT2D eigenvalue weighted by molar-refractivity contribution is -0.385. The third kappa shape index (κ3) is 2.95. The Hall–Kier alpha value is -2.87. The molecule has 2 atom stereocenters. The van der Waals surface area contributed by atoms with E-state index in [2.05, 4.69) is 11.0 Å². The van der Waals surface area contributed by atoms with Crippen molar-refractivity contribution in [3.63, 3.8) is 0 Å². The molecule has 1 heterocycles. The van der Waals surface area contributed by atoms with Crippen molar-refractivity contribution in [1.29, 1.82) is 5.26 Å². The first kappa shape index (κ1) is 16.0. The standard InChI is InChI=1S/C19H19N3O2/c1-14-12-16(9-10-18(14)22(23)24)21-11-5-8-19(21)17(13-20)15-6-3-2-4-7-15/h2-4,6-7,9-10,12,17,19H,5,8,11H2,1H3. The number of anilines is 1. The number of nitro groups is 1. The number of nitrogens with zero attached hydrogens (tertiary/aromatic N) is 3. The maximum absolute atomic E-state index is 11.0. The van der Waals surface area contributed by atoms with Crippen LogP contribution in [0.4, 0.5) is 11.4 Å². The van der Waals surface area contributed by atoms with Crippen LogP contribution in [0.1, 0.15) is 29.9 Å². The van der Waals surface area contributed by atoms with Crippen molar-refractivity contribution in [3.8, 4) is 6.07 Å². The first-order valence-electron chi connectivity index (χ1n) is 8.08. The van der Waals surface area contributed by atoms with Crippen molar-refractivity contribution in [3.05, 3.63) is 69.8 Å². The van der Waals surface area contributed by atoms with Gasteiger partial charge in [-0.05, 0) is 37.5 Å². The van der Waals surface area contributed by atoms with Gasteiger partial charge in [-0.25, -0.2) is 0 Å². The monoisotopic (exact) mass is 321 g/mol. The van der Waals surface area contributed by atoms with Crippen LogP contribution in [0.25, 0.3) is 0 Å². The number of nitriles is 1. The lowest BCUT2D eigenvalue weighted by Crippen LogP contribution is -2.34. The third-order valence-corrected chi connectivity index (χ3v) is 4.69. The van der Waals surface area contributed by atoms with E-state index in [0.717, 1.165) is 30.6 Å². The Morgan fingerprint density at radius 1 is 1.29 bits per heavy atom. The van der Waals surface area contributed by atoms with E-state index < -0.39 is 0 Å². The molecule has 1 aliphatic rings. The van der Waals surface area contributed by atoms with Gasteiger partial charge in [-0.3, -0.25) is 10.1 Å². The molecule has 0 saturated carbocycles. The zero-order chi connectivity index (χ0) is 17.1. The van der Waals surface area contributed by atoms with Crippen molar-refractivity contribution >= 4 is 11.4 Å². The second-order valence-corrected chi connectivity index (χ2v) is 6.15. The molecular weight excluding hydrogens is 302 g/mol. The first-order valence-corrected chi connectivity index (χ1v) is 8.08. The lowest BCUT2D eigenvalue weighted by atomic mass is 9.91. The molecule has 0 amide bonds. The largest absolute Gasteiger partial charge is 0.367 e. The Morgan fingerprint density at radius 2 is 2.04 bits per heavy atom. The molecule has 5 heteroatoms. The molecule has 24 heavy (non-hydrogen) atoms. The van der Waals surface area contributed by atoms with Crippen LogP contribution in [0.5, 0.6) is 0 Å². The van der Waals surface area contributed by atoms with E-state index in [1.165, 1.54) is 0 Å². The Balaban J connectivity index is 1.92. The maximum Gasteiger partial charge on any atom is 0.272 e. The van der Waals surface area contributed by atoms with Gasteiger partial charge in [0.05, 0.1) is 16.9 Å². The predicted octanol–water partition coefficient (Wildman–Crippen LogP) is 4.18. The molecule has 0 radical (unpaired) electrons. The van der Waals surface area contributed by atoms with Crippen molar-refractivity contribution in [2.45, 2.75) is 31.7 Å². The average molecular weight is 321 g/mol. The highest BCUT2D eigenvalue weighted by molar-refractivity contribution is 5.57. The van der Waals surface area contributed by atoms with Crippen LogP contribution < -0.4 is 4.90 Å². The fraction of sp³-hybridized carbons (Fsp3) is 0.316. The number of aryl methyl sites for hydroxylation is 1. The third-order valence-electron chi connectivity index (χ3n) is 4.69. The van der Waals surface area contributed by atoms with Crippen molar-refractivity contribution < 1.29 is 4.92 Å². The quantitative estimate of drug-likeness (QED) is 0.625. The Morgan fingerprint density at radius 3 is 2.67 bits per heavy atom. The molecule has 1 fully saturated rings. The first-order chi connectivity index (χ1) is 11.6. The summed E-state index contributed by atoms with van der Waals surface area (Å²) in [6.45, 7) is 2.62. The molecule has 1 aliphatic heterocycles. The summed E-state index contributed by atoms with van der Waals surface area (Å²) in [7, 11) is 0. The summed E-state index contributed by atoms with van der Waals surface area (Å²) in [5.41, 5.74) is 2.76. The van der Waals surface area contributed by atoms with Crippen LogP contribution >= 0.6 is 0 Å². The van der Waals surface area contributed by atoms with Crippen LogP contribution in [-0.2, 0) is 0 Å². The predicted molar refractivity (Wildman–Crippen MR) is 93.0 cm³/mol. The number of benzene rings is 2. The van der Waals surface area contributed by atoms with Gasteiger partial charge in [-0.15, -0.1) is 0 Å². The summed E-state index contributed by atoms with van der Waals surface area (Å²) in [4.78, 5) is 12.9. The minimum absolute atomic E-state index is 0.0956. The SMILES string of the molecule is Cc1cc(N2CCCC2C(C#N)c2ccccc2)ccc1[N+](=O)[O-]. The van der Waals surface area contributed by atoms with E-state index in [1.807, 2.05) is 36.4 Å². The van der Waals surface area contributed by atoms with Gasteiger partial charge in [0.1, 0.15) is 0 Å². The van der Waals surface area contributed by atoms with E-state index in [4.69, 9.17) is 0 Å². The van der Waals surface area contributed by atoms with E-state index in [1.54, 1.807) is 19.1 Å². The molecule has 0 N–H and O–H groups in total. The van der Waals surface area contributed by atoms with Crippen molar-refractivity contribution in [1.82, 2.24) is 0 Å². The van der Waals surface area contributed by atoms with Gasteiger partial charge in [0.15, 0.2) is 0 Å². The van der Waals surface area contributed by atoms with E-state index >= 15 is 0 Å². The van der Waals surface area contributed by atoms with Gasteiger partial charge in [0.2, 0.25) is 0 Å². The van der Waals surface area contributed by atoms with Crippen LogP contribution in [0.3, 0.4) is 0 Å². The highest BCUT2D eigenvalue weighted by atomic mass is 16.6. The zero-order valence-electron chi connectivity index (χ0n) is 13.6. The molecule has 0 bridgehead atoms. The number of hydrogen-bond acceptors (Lipinski definition) is 4. The molecule has 5 nitrogen and oxygen atoms in total. The molecule has 1 saturated heterocycles. The van der Waals surface area contributed by atoms with Gasteiger partial charge in [0, 0.05) is 29.9 Å². The molecule has 2 aromatic rings. The molecule has 122 valence electrons. The normalized spacial score (nSPS) is 18.2. The average Bonchev–Trinajstić information content (AvgIpc) is 3.05. The molecule has 2 aromatic carbocycles. The summed E-state index contributed by atoms with van der Waals surface area (Å²) >= 11 is 0. The summed E-state index contributed by atoms with van der Waals surface area (Å²) in [6.07, 6.45) is 1.97. The summed E-state index contributed by atoms with van der Waals surface area (Å²) in [5.74, 6) is -0.204. The van der Waals surface area contributed by atoms with Crippen molar-refractivity contribution in [2.75, 3.05) is 11.4 Å². The fourth-order valence-electron chi connectivity index (χ4n) is 3.53. The van der Waals surface area contributed by atoms with E-state index in [0.29, 0.717) is 5.56 Å². The molecular formula is C19H19N3O2. The second-order valence-electron chi connectivity index (χ2n) is 6.15. The van der Waals surface area contributed by atoms with Crippen LogP contribution in [-0.4, -0.2) is 17.5 Å². The zero-order valence-corrected chi connectivity index (χ0v) is 13.6. The maximum atomic E-state index is 11.0. The lowest BCUT2D eigenvalue weighted by Gasteiger charge is -2.30. The molecule has 0 aliphatic carbocycles. The number of hydrogen-bond donors (Lipinski definition) is 0. The molecule has 3 rings (SSSR count). The van der Waals surface area contributed by atoms with Gasteiger partial charge in [-0.2, -0.15) is 5.26 Å². The van der Waals surface area contributed by atoms with Gasteiger partial charge in [0.25, 0.3) is 5.69 Å². The number of rotatable bonds is 4. The van der Waals surface area contributed by atoms with Crippen LogP contribution in [0.2, 0.25) is 0 Å². The fourth-order valence-corrected chi connectivity index (χ4v) is 3.53. The minimum atomic E-state index is -0.359.